The monoisotopic (exact) mass is 317 g/mol. The molecular weight excluding hydrogens is 307 g/mol. The van der Waals surface area contributed by atoms with Gasteiger partial charge in [-0.3, -0.25) is 4.79 Å². The summed E-state index contributed by atoms with van der Waals surface area (Å²) in [5, 5.41) is 4.12. The van der Waals surface area contributed by atoms with Crippen LogP contribution in [0.2, 0.25) is 0 Å². The molecule has 1 heterocycles. The van der Waals surface area contributed by atoms with Crippen LogP contribution in [0.1, 0.15) is 20.8 Å². The average Bonchev–Trinajstić information content (AvgIpc) is 2.77. The molecule has 0 radical (unpaired) electrons. The van der Waals surface area contributed by atoms with E-state index in [9.17, 15) is 18.0 Å². The van der Waals surface area contributed by atoms with Gasteiger partial charge in [-0.2, -0.15) is 13.2 Å². The lowest BCUT2D eigenvalue weighted by Crippen LogP contribution is -2.13. The van der Waals surface area contributed by atoms with Crippen LogP contribution >= 0.6 is 24.0 Å². The van der Waals surface area contributed by atoms with Crippen molar-refractivity contribution >= 4 is 35.6 Å². The van der Waals surface area contributed by atoms with Crippen LogP contribution in [0, 0.1) is 6.92 Å². The summed E-state index contributed by atoms with van der Waals surface area (Å²) in [6.07, 6.45) is -4.44. The summed E-state index contributed by atoms with van der Waals surface area (Å²) in [7, 11) is 0. The first kappa shape index (κ1) is 14.9. The van der Waals surface area contributed by atoms with Gasteiger partial charge >= 0.3 is 6.18 Å². The highest BCUT2D eigenvalue weighted by Crippen LogP contribution is 2.33. The summed E-state index contributed by atoms with van der Waals surface area (Å²) in [6.45, 7) is 1.38. The Morgan fingerprint density at radius 2 is 2.00 bits per heavy atom. The highest BCUT2D eigenvalue weighted by atomic mass is 32.1. The molecule has 0 bridgehead atoms. The van der Waals surface area contributed by atoms with Crippen molar-refractivity contribution in [3.05, 3.63) is 45.6 Å². The third kappa shape index (κ3) is 3.34. The standard InChI is InChI=1S/C13H10F3NOS2/c1-7-2-3-8(4-10(7)13(14,15)16)17-12(18)11-5-9(19)6-20-11/h2-6,19H,1H3,(H,17,18). The number of alkyl halides is 3. The molecule has 0 aliphatic rings. The molecule has 0 aliphatic carbocycles. The number of aryl methyl sites for hydroxylation is 1. The molecule has 0 saturated heterocycles. The summed E-state index contributed by atoms with van der Waals surface area (Å²) >= 11 is 5.25. The lowest BCUT2D eigenvalue weighted by atomic mass is 10.1. The van der Waals surface area contributed by atoms with Gasteiger partial charge < -0.3 is 5.32 Å². The molecule has 1 amide bonds. The molecule has 1 aromatic heterocycles. The minimum absolute atomic E-state index is 0.113. The van der Waals surface area contributed by atoms with E-state index in [2.05, 4.69) is 17.9 Å². The maximum absolute atomic E-state index is 12.8. The van der Waals surface area contributed by atoms with Gasteiger partial charge in [0.2, 0.25) is 0 Å². The molecule has 7 heteroatoms. The number of carbonyl (C=O) groups excluding carboxylic acids is 1. The summed E-state index contributed by atoms with van der Waals surface area (Å²) in [4.78, 5) is 12.9. The largest absolute Gasteiger partial charge is 0.416 e. The summed E-state index contributed by atoms with van der Waals surface area (Å²) in [5.74, 6) is -0.452. The highest BCUT2D eigenvalue weighted by molar-refractivity contribution is 7.80. The van der Waals surface area contributed by atoms with Crippen LogP contribution in [0.15, 0.2) is 34.5 Å². The number of thiophene rings is 1. The third-order valence-corrected chi connectivity index (χ3v) is 3.97. The number of carbonyl (C=O) groups is 1. The zero-order valence-corrected chi connectivity index (χ0v) is 12.0. The lowest BCUT2D eigenvalue weighted by Gasteiger charge is -2.12. The zero-order chi connectivity index (χ0) is 14.9. The first-order valence-corrected chi connectivity index (χ1v) is 6.87. The highest BCUT2D eigenvalue weighted by Gasteiger charge is 2.32. The van der Waals surface area contributed by atoms with E-state index >= 15 is 0 Å². The van der Waals surface area contributed by atoms with Crippen molar-refractivity contribution in [2.45, 2.75) is 18.0 Å². The maximum atomic E-state index is 12.8. The Bertz CT molecular complexity index is 649. The molecule has 0 unspecified atom stereocenters. The van der Waals surface area contributed by atoms with E-state index in [4.69, 9.17) is 0 Å². The number of hydrogen-bond acceptors (Lipinski definition) is 3. The molecule has 2 rings (SSSR count). The second-order valence-corrected chi connectivity index (χ2v) is 5.58. The van der Waals surface area contributed by atoms with Crippen LogP contribution in [-0.2, 0) is 6.18 Å². The van der Waals surface area contributed by atoms with Gasteiger partial charge in [0.25, 0.3) is 5.91 Å². The fourth-order valence-electron chi connectivity index (χ4n) is 1.64. The van der Waals surface area contributed by atoms with Gasteiger partial charge in [-0.25, -0.2) is 0 Å². The molecule has 106 valence electrons. The van der Waals surface area contributed by atoms with E-state index in [-0.39, 0.29) is 11.3 Å². The van der Waals surface area contributed by atoms with Crippen LogP contribution in [0.5, 0.6) is 0 Å². The molecule has 2 nitrogen and oxygen atoms in total. The van der Waals surface area contributed by atoms with Gasteiger partial charge in [-0.1, -0.05) is 6.07 Å². The van der Waals surface area contributed by atoms with E-state index in [1.807, 2.05) is 0 Å². The van der Waals surface area contributed by atoms with Crippen molar-refractivity contribution < 1.29 is 18.0 Å². The molecule has 0 aliphatic heterocycles. The maximum Gasteiger partial charge on any atom is 0.416 e. The van der Waals surface area contributed by atoms with Gasteiger partial charge in [0.15, 0.2) is 0 Å². The van der Waals surface area contributed by atoms with Crippen LogP contribution in [-0.4, -0.2) is 5.91 Å². The number of hydrogen-bond donors (Lipinski definition) is 2. The van der Waals surface area contributed by atoms with E-state index in [0.29, 0.717) is 9.77 Å². The zero-order valence-electron chi connectivity index (χ0n) is 10.3. The molecule has 1 N–H and O–H groups in total. The summed E-state index contributed by atoms with van der Waals surface area (Å²) in [5.41, 5.74) is -0.525. The SMILES string of the molecule is Cc1ccc(NC(=O)c2cc(S)cs2)cc1C(F)(F)F. The van der Waals surface area contributed by atoms with Crippen LogP contribution in [0.4, 0.5) is 18.9 Å². The smallest absolute Gasteiger partial charge is 0.321 e. The van der Waals surface area contributed by atoms with Gasteiger partial charge in [0.05, 0.1) is 10.4 Å². The molecule has 2 aromatic rings. The molecule has 0 fully saturated rings. The predicted molar refractivity (Wildman–Crippen MR) is 75.7 cm³/mol. The molecular formula is C13H10F3NOS2. The molecule has 0 atom stereocenters. The summed E-state index contributed by atoms with van der Waals surface area (Å²) in [6, 6.07) is 5.26. The van der Waals surface area contributed by atoms with Crippen LogP contribution in [0.25, 0.3) is 0 Å². The van der Waals surface area contributed by atoms with Crippen molar-refractivity contribution in [3.8, 4) is 0 Å². The number of rotatable bonds is 2. The Hall–Kier alpha value is -1.47. The van der Waals surface area contributed by atoms with Crippen LogP contribution < -0.4 is 5.32 Å². The quantitative estimate of drug-likeness (QED) is 0.778. The van der Waals surface area contributed by atoms with E-state index in [1.165, 1.54) is 30.4 Å². The van der Waals surface area contributed by atoms with Crippen LogP contribution in [0.3, 0.4) is 0 Å². The van der Waals surface area contributed by atoms with E-state index < -0.39 is 17.6 Å². The van der Waals surface area contributed by atoms with Gasteiger partial charge in [0.1, 0.15) is 0 Å². The van der Waals surface area contributed by atoms with E-state index in [1.54, 1.807) is 11.4 Å². The van der Waals surface area contributed by atoms with Gasteiger partial charge in [-0.15, -0.1) is 24.0 Å². The minimum atomic E-state index is -4.44. The van der Waals surface area contributed by atoms with Crippen molar-refractivity contribution in [1.29, 1.82) is 0 Å². The van der Waals surface area contributed by atoms with Gasteiger partial charge in [-0.05, 0) is 30.7 Å². The number of thiol groups is 1. The third-order valence-electron chi connectivity index (χ3n) is 2.61. The number of halogens is 3. The molecule has 0 saturated carbocycles. The topological polar surface area (TPSA) is 29.1 Å². The molecule has 1 aromatic carbocycles. The van der Waals surface area contributed by atoms with Crippen molar-refractivity contribution in [2.24, 2.45) is 0 Å². The first-order valence-electron chi connectivity index (χ1n) is 5.54. The van der Waals surface area contributed by atoms with Crippen molar-refractivity contribution in [2.75, 3.05) is 5.32 Å². The Labute approximate surface area is 123 Å². The predicted octanol–water partition coefficient (Wildman–Crippen LogP) is 4.62. The normalized spacial score (nSPS) is 11.4. The Balaban J connectivity index is 2.24. The lowest BCUT2D eigenvalue weighted by molar-refractivity contribution is -0.138. The Kier molecular flexibility index (Phi) is 4.10. The number of nitrogens with one attached hydrogen (secondary N) is 1. The Morgan fingerprint density at radius 3 is 2.55 bits per heavy atom. The average molecular weight is 317 g/mol. The second-order valence-electron chi connectivity index (χ2n) is 4.15. The Morgan fingerprint density at radius 1 is 1.30 bits per heavy atom. The fraction of sp³-hybridized carbons (Fsp3) is 0.154. The second kappa shape index (κ2) is 5.49. The molecule has 20 heavy (non-hydrogen) atoms. The fourth-order valence-corrected chi connectivity index (χ4v) is 2.69. The molecule has 0 spiro atoms. The number of benzene rings is 1. The number of amides is 1. The minimum Gasteiger partial charge on any atom is -0.321 e. The van der Waals surface area contributed by atoms with Crippen molar-refractivity contribution in [1.82, 2.24) is 0 Å². The van der Waals surface area contributed by atoms with Crippen molar-refractivity contribution in [3.63, 3.8) is 0 Å². The van der Waals surface area contributed by atoms with E-state index in [0.717, 1.165) is 6.07 Å². The number of anilines is 1. The summed E-state index contributed by atoms with van der Waals surface area (Å²) < 4.78 is 38.3. The first-order chi connectivity index (χ1) is 9.27. The van der Waals surface area contributed by atoms with Gasteiger partial charge in [0, 0.05) is 16.0 Å².